The number of carbonyl (C=O) groups is 1. The van der Waals surface area contributed by atoms with Gasteiger partial charge in [-0.15, -0.1) is 11.3 Å². The summed E-state index contributed by atoms with van der Waals surface area (Å²) < 4.78 is 16.0. The third-order valence-corrected chi connectivity index (χ3v) is 5.72. The van der Waals surface area contributed by atoms with Crippen LogP contribution in [-0.2, 0) is 22.5 Å². The van der Waals surface area contributed by atoms with Gasteiger partial charge in [0.15, 0.2) is 11.5 Å². The summed E-state index contributed by atoms with van der Waals surface area (Å²) in [4.78, 5) is 17.3. The van der Waals surface area contributed by atoms with Crippen LogP contribution < -0.4 is 14.8 Å². The molecule has 0 bridgehead atoms. The van der Waals surface area contributed by atoms with Gasteiger partial charge in [0.1, 0.15) is 0 Å². The minimum absolute atomic E-state index is 0.109. The van der Waals surface area contributed by atoms with E-state index in [9.17, 15) is 4.79 Å². The van der Waals surface area contributed by atoms with Crippen LogP contribution in [0.1, 0.15) is 28.7 Å². The van der Waals surface area contributed by atoms with E-state index in [1.54, 1.807) is 25.6 Å². The topological polar surface area (TPSA) is 60.0 Å². The smallest absolute Gasteiger partial charge is 0.236 e. The first-order valence-corrected chi connectivity index (χ1v) is 11.2. The molecule has 166 valence electrons. The van der Waals surface area contributed by atoms with Crippen LogP contribution in [0.2, 0.25) is 0 Å². The van der Waals surface area contributed by atoms with Crippen LogP contribution in [0.15, 0.2) is 30.3 Å². The molecule has 30 heavy (non-hydrogen) atoms. The van der Waals surface area contributed by atoms with Crippen LogP contribution in [0.3, 0.4) is 0 Å². The lowest BCUT2D eigenvalue weighted by Gasteiger charge is -2.23. The normalized spacial score (nSPS) is 10.8. The highest BCUT2D eigenvalue weighted by Crippen LogP contribution is 2.28. The predicted octanol–water partition coefficient (Wildman–Crippen LogP) is 3.66. The first-order valence-electron chi connectivity index (χ1n) is 10.4. The molecule has 0 radical (unpaired) electrons. The number of hydrogen-bond donors (Lipinski definition) is 1. The van der Waals surface area contributed by atoms with Gasteiger partial charge in [-0.2, -0.15) is 0 Å². The summed E-state index contributed by atoms with van der Waals surface area (Å²) >= 11 is 1.74. The Labute approximate surface area is 184 Å². The molecule has 2 rings (SSSR count). The fourth-order valence-electron chi connectivity index (χ4n) is 3.10. The summed E-state index contributed by atoms with van der Waals surface area (Å²) in [6.07, 6.45) is 1.65. The molecule has 0 atom stereocenters. The van der Waals surface area contributed by atoms with Crippen molar-refractivity contribution in [3.8, 4) is 11.5 Å². The number of nitrogens with zero attached hydrogens (tertiary/aromatic N) is 1. The van der Waals surface area contributed by atoms with Gasteiger partial charge in [0, 0.05) is 29.5 Å². The molecule has 0 unspecified atom stereocenters. The van der Waals surface area contributed by atoms with Crippen molar-refractivity contribution in [1.29, 1.82) is 0 Å². The van der Waals surface area contributed by atoms with Gasteiger partial charge in [0.25, 0.3) is 0 Å². The zero-order valence-electron chi connectivity index (χ0n) is 18.5. The number of nitrogens with one attached hydrogen (secondary N) is 1. The van der Waals surface area contributed by atoms with Crippen molar-refractivity contribution in [2.75, 3.05) is 47.1 Å². The van der Waals surface area contributed by atoms with E-state index in [1.807, 2.05) is 30.0 Å². The number of methoxy groups -OCH3 is 2. The molecule has 0 aliphatic heterocycles. The second-order valence-corrected chi connectivity index (χ2v) is 8.37. The molecule has 0 fully saturated rings. The van der Waals surface area contributed by atoms with E-state index >= 15 is 0 Å². The number of hydrogen-bond acceptors (Lipinski definition) is 6. The molecule has 2 aromatic rings. The molecule has 1 amide bonds. The van der Waals surface area contributed by atoms with Crippen LogP contribution in [0.25, 0.3) is 0 Å². The maximum atomic E-state index is 12.9. The molecule has 0 saturated heterocycles. The number of benzene rings is 1. The Balaban J connectivity index is 1.96. The largest absolute Gasteiger partial charge is 0.493 e. The Kier molecular flexibility index (Phi) is 10.7. The van der Waals surface area contributed by atoms with E-state index in [1.165, 1.54) is 9.75 Å². The molecule has 7 heteroatoms. The molecule has 1 aromatic heterocycles. The summed E-state index contributed by atoms with van der Waals surface area (Å²) in [5.74, 6) is 1.52. The van der Waals surface area contributed by atoms with E-state index in [4.69, 9.17) is 14.2 Å². The first-order chi connectivity index (χ1) is 14.6. The molecule has 0 aliphatic rings. The zero-order valence-corrected chi connectivity index (χ0v) is 19.3. The lowest BCUT2D eigenvalue weighted by Crippen LogP contribution is -2.39. The van der Waals surface area contributed by atoms with Gasteiger partial charge in [-0.05, 0) is 63.1 Å². The Bertz CT molecular complexity index is 778. The van der Waals surface area contributed by atoms with Gasteiger partial charge < -0.3 is 24.4 Å². The number of aryl methyl sites for hydroxylation is 1. The van der Waals surface area contributed by atoms with Crippen molar-refractivity contribution in [2.24, 2.45) is 0 Å². The lowest BCUT2D eigenvalue weighted by atomic mass is 10.1. The van der Waals surface area contributed by atoms with Gasteiger partial charge >= 0.3 is 0 Å². The van der Waals surface area contributed by atoms with Crippen LogP contribution >= 0.6 is 11.3 Å². The molecule has 6 nitrogen and oxygen atoms in total. The number of rotatable bonds is 14. The fourth-order valence-corrected chi connectivity index (χ4v) is 4.01. The van der Waals surface area contributed by atoms with Gasteiger partial charge in [0.05, 0.1) is 27.3 Å². The third kappa shape index (κ3) is 7.97. The second-order valence-electron chi connectivity index (χ2n) is 6.99. The van der Waals surface area contributed by atoms with Gasteiger partial charge in [-0.1, -0.05) is 6.07 Å². The van der Waals surface area contributed by atoms with Crippen molar-refractivity contribution in [2.45, 2.75) is 33.2 Å². The SMILES string of the molecule is CCOCCCNCC(=O)N(CCc1ccc(OC)c(OC)c1)Cc1ccc(C)s1. The molecular formula is C23H34N2O4S. The maximum Gasteiger partial charge on any atom is 0.236 e. The molecule has 1 aromatic carbocycles. The first kappa shape index (κ1) is 24.2. The highest BCUT2D eigenvalue weighted by Gasteiger charge is 2.15. The summed E-state index contributed by atoms with van der Waals surface area (Å²) in [6, 6.07) is 10.1. The second kappa shape index (κ2) is 13.3. The van der Waals surface area contributed by atoms with Gasteiger partial charge in [-0.25, -0.2) is 0 Å². The molecule has 0 spiro atoms. The van der Waals surface area contributed by atoms with E-state index in [-0.39, 0.29) is 5.91 Å². The molecule has 0 saturated carbocycles. The zero-order chi connectivity index (χ0) is 21.8. The number of carbonyl (C=O) groups excluding carboxylic acids is 1. The average molecular weight is 435 g/mol. The minimum atomic E-state index is 0.109. The van der Waals surface area contributed by atoms with E-state index in [2.05, 4.69) is 24.4 Å². The summed E-state index contributed by atoms with van der Waals surface area (Å²) in [5.41, 5.74) is 1.11. The Morgan fingerprint density at radius 1 is 1.13 bits per heavy atom. The quantitative estimate of drug-likeness (QED) is 0.460. The van der Waals surface area contributed by atoms with Crippen LogP contribution in [0, 0.1) is 6.92 Å². The third-order valence-electron chi connectivity index (χ3n) is 4.74. The number of ether oxygens (including phenoxy) is 3. The van der Waals surface area contributed by atoms with Crippen molar-refractivity contribution >= 4 is 17.2 Å². The van der Waals surface area contributed by atoms with Crippen molar-refractivity contribution in [3.05, 3.63) is 45.6 Å². The van der Waals surface area contributed by atoms with Crippen molar-refractivity contribution in [3.63, 3.8) is 0 Å². The summed E-state index contributed by atoms with van der Waals surface area (Å²) in [6.45, 7) is 7.90. The Hall–Kier alpha value is -2.09. The Morgan fingerprint density at radius 3 is 2.60 bits per heavy atom. The standard InChI is InChI=1S/C23H34N2O4S/c1-5-29-14-6-12-24-16-23(26)25(17-20-9-7-18(2)30-20)13-11-19-8-10-21(27-3)22(15-19)28-4/h7-10,15,24H,5-6,11-14,16-17H2,1-4H3. The van der Waals surface area contributed by atoms with Gasteiger partial charge in [0.2, 0.25) is 5.91 Å². The molecule has 1 heterocycles. The van der Waals surface area contributed by atoms with Crippen LogP contribution in [0.5, 0.6) is 11.5 Å². The van der Waals surface area contributed by atoms with Crippen LogP contribution in [0.4, 0.5) is 0 Å². The molecule has 1 N–H and O–H groups in total. The maximum absolute atomic E-state index is 12.9. The van der Waals surface area contributed by atoms with E-state index in [0.29, 0.717) is 31.1 Å². The average Bonchev–Trinajstić information content (AvgIpc) is 3.17. The van der Waals surface area contributed by atoms with Crippen LogP contribution in [-0.4, -0.2) is 57.9 Å². The highest BCUT2D eigenvalue weighted by molar-refractivity contribution is 7.11. The monoisotopic (exact) mass is 434 g/mol. The fraction of sp³-hybridized carbons (Fsp3) is 0.522. The molecule has 0 aliphatic carbocycles. The Morgan fingerprint density at radius 2 is 1.93 bits per heavy atom. The van der Waals surface area contributed by atoms with Gasteiger partial charge in [-0.3, -0.25) is 4.79 Å². The lowest BCUT2D eigenvalue weighted by molar-refractivity contribution is -0.130. The molecular weight excluding hydrogens is 400 g/mol. The number of thiophene rings is 1. The van der Waals surface area contributed by atoms with E-state index in [0.717, 1.165) is 38.2 Å². The van der Waals surface area contributed by atoms with Crippen molar-refractivity contribution < 1.29 is 19.0 Å². The van der Waals surface area contributed by atoms with Crippen molar-refractivity contribution in [1.82, 2.24) is 10.2 Å². The minimum Gasteiger partial charge on any atom is -0.493 e. The number of amides is 1. The summed E-state index contributed by atoms with van der Waals surface area (Å²) in [7, 11) is 3.26. The predicted molar refractivity (Wildman–Crippen MR) is 122 cm³/mol. The summed E-state index contributed by atoms with van der Waals surface area (Å²) in [5, 5.41) is 3.24. The van der Waals surface area contributed by atoms with E-state index < -0.39 is 0 Å². The highest BCUT2D eigenvalue weighted by atomic mass is 32.1.